The molecule has 94 valence electrons. The number of carbonyl (C=O) groups is 1. The minimum atomic E-state index is -0.292. The first-order valence-corrected chi connectivity index (χ1v) is 6.56. The van der Waals surface area contributed by atoms with Gasteiger partial charge in [-0.1, -0.05) is 19.3 Å². The molecule has 3 rings (SSSR count). The van der Waals surface area contributed by atoms with E-state index in [1.165, 1.54) is 31.4 Å². The standard InChI is InChI=1S/C15H16FNO/c16-11-6-7-14-12(8-11)13(9-18)15(17-14)10-4-2-1-3-5-10/h6-10,17H,1-5H2. The van der Waals surface area contributed by atoms with E-state index in [1.807, 2.05) is 0 Å². The van der Waals surface area contributed by atoms with Gasteiger partial charge < -0.3 is 4.98 Å². The number of halogens is 1. The topological polar surface area (TPSA) is 32.9 Å². The molecule has 2 nitrogen and oxygen atoms in total. The summed E-state index contributed by atoms with van der Waals surface area (Å²) < 4.78 is 13.3. The van der Waals surface area contributed by atoms with Crippen LogP contribution < -0.4 is 0 Å². The Morgan fingerprint density at radius 2 is 2.00 bits per heavy atom. The van der Waals surface area contributed by atoms with E-state index in [-0.39, 0.29) is 5.82 Å². The fraction of sp³-hybridized carbons (Fsp3) is 0.400. The predicted octanol–water partition coefficient (Wildman–Crippen LogP) is 4.17. The summed E-state index contributed by atoms with van der Waals surface area (Å²) in [6, 6.07) is 4.59. The number of aromatic nitrogens is 1. The lowest BCUT2D eigenvalue weighted by Gasteiger charge is -2.21. The maximum Gasteiger partial charge on any atom is 0.152 e. The Hall–Kier alpha value is -1.64. The molecular formula is C15H16FNO. The van der Waals surface area contributed by atoms with Crippen LogP contribution in [0.2, 0.25) is 0 Å². The molecule has 1 heterocycles. The van der Waals surface area contributed by atoms with E-state index in [4.69, 9.17) is 0 Å². The summed E-state index contributed by atoms with van der Waals surface area (Å²) in [7, 11) is 0. The quantitative estimate of drug-likeness (QED) is 0.791. The highest BCUT2D eigenvalue weighted by Crippen LogP contribution is 2.36. The number of aldehydes is 1. The van der Waals surface area contributed by atoms with Crippen molar-refractivity contribution in [3.63, 3.8) is 0 Å². The molecule has 3 heteroatoms. The van der Waals surface area contributed by atoms with Crippen molar-refractivity contribution >= 4 is 17.2 Å². The second-order valence-electron chi connectivity index (χ2n) is 5.10. The van der Waals surface area contributed by atoms with Gasteiger partial charge in [-0.25, -0.2) is 4.39 Å². The average Bonchev–Trinajstić information content (AvgIpc) is 2.77. The van der Waals surface area contributed by atoms with Crippen molar-refractivity contribution in [1.29, 1.82) is 0 Å². The second kappa shape index (κ2) is 4.56. The van der Waals surface area contributed by atoms with Gasteiger partial charge in [0, 0.05) is 22.2 Å². The Labute approximate surface area is 105 Å². The number of benzene rings is 1. The van der Waals surface area contributed by atoms with E-state index in [1.54, 1.807) is 6.07 Å². The largest absolute Gasteiger partial charge is 0.358 e. The predicted molar refractivity (Wildman–Crippen MR) is 69.5 cm³/mol. The summed E-state index contributed by atoms with van der Waals surface area (Å²) in [6.07, 6.45) is 6.82. The fourth-order valence-corrected chi connectivity index (χ4v) is 3.05. The zero-order valence-corrected chi connectivity index (χ0v) is 10.2. The lowest BCUT2D eigenvalue weighted by atomic mass is 9.85. The molecule has 1 aliphatic carbocycles. The van der Waals surface area contributed by atoms with Crippen LogP contribution in [-0.2, 0) is 0 Å². The van der Waals surface area contributed by atoms with Crippen LogP contribution >= 0.6 is 0 Å². The van der Waals surface area contributed by atoms with Gasteiger partial charge in [0.25, 0.3) is 0 Å². The fourth-order valence-electron chi connectivity index (χ4n) is 3.05. The van der Waals surface area contributed by atoms with Crippen LogP contribution in [0.5, 0.6) is 0 Å². The molecule has 1 N–H and O–H groups in total. The number of H-pyrrole nitrogens is 1. The number of carbonyl (C=O) groups excluding carboxylic acids is 1. The van der Waals surface area contributed by atoms with E-state index >= 15 is 0 Å². The Balaban J connectivity index is 2.13. The third-order valence-corrected chi connectivity index (χ3v) is 3.96. The monoisotopic (exact) mass is 245 g/mol. The lowest BCUT2D eigenvalue weighted by Crippen LogP contribution is -2.06. The van der Waals surface area contributed by atoms with E-state index in [0.29, 0.717) is 16.9 Å². The summed E-state index contributed by atoms with van der Waals surface area (Å²) >= 11 is 0. The molecular weight excluding hydrogens is 229 g/mol. The molecule has 2 aromatic rings. The minimum Gasteiger partial charge on any atom is -0.358 e. The van der Waals surface area contributed by atoms with Gasteiger partial charge in [0.15, 0.2) is 6.29 Å². The number of hydrogen-bond donors (Lipinski definition) is 1. The van der Waals surface area contributed by atoms with Crippen molar-refractivity contribution in [3.8, 4) is 0 Å². The molecule has 0 atom stereocenters. The summed E-state index contributed by atoms with van der Waals surface area (Å²) in [5, 5.41) is 0.713. The molecule has 0 aliphatic heterocycles. The highest BCUT2D eigenvalue weighted by molar-refractivity contribution is 5.99. The molecule has 1 fully saturated rings. The van der Waals surface area contributed by atoms with E-state index in [2.05, 4.69) is 4.98 Å². The van der Waals surface area contributed by atoms with Crippen molar-refractivity contribution in [2.24, 2.45) is 0 Å². The number of rotatable bonds is 2. The third kappa shape index (κ3) is 1.84. The van der Waals surface area contributed by atoms with Crippen molar-refractivity contribution in [2.45, 2.75) is 38.0 Å². The highest BCUT2D eigenvalue weighted by atomic mass is 19.1. The van der Waals surface area contributed by atoms with Crippen LogP contribution in [0.4, 0.5) is 4.39 Å². The molecule has 18 heavy (non-hydrogen) atoms. The molecule has 1 aromatic heterocycles. The SMILES string of the molecule is O=Cc1c(C2CCCCC2)[nH]c2ccc(F)cc12. The Morgan fingerprint density at radius 1 is 1.22 bits per heavy atom. The first-order chi connectivity index (χ1) is 8.79. The molecule has 1 aliphatic rings. The van der Waals surface area contributed by atoms with E-state index < -0.39 is 0 Å². The first kappa shape index (κ1) is 11.5. The summed E-state index contributed by atoms with van der Waals surface area (Å²) in [5.41, 5.74) is 2.51. The Morgan fingerprint density at radius 3 is 2.72 bits per heavy atom. The van der Waals surface area contributed by atoms with Gasteiger partial charge in [-0.3, -0.25) is 4.79 Å². The van der Waals surface area contributed by atoms with E-state index in [9.17, 15) is 9.18 Å². The highest BCUT2D eigenvalue weighted by Gasteiger charge is 2.22. The van der Waals surface area contributed by atoms with Crippen LogP contribution in [0, 0.1) is 5.82 Å². The number of aromatic amines is 1. The summed E-state index contributed by atoms with van der Waals surface area (Å²) in [5.74, 6) is 0.134. The van der Waals surface area contributed by atoms with Gasteiger partial charge in [0.1, 0.15) is 5.82 Å². The van der Waals surface area contributed by atoms with Gasteiger partial charge in [0.2, 0.25) is 0 Å². The van der Waals surface area contributed by atoms with Crippen LogP contribution in [0.25, 0.3) is 10.9 Å². The molecule has 0 bridgehead atoms. The molecule has 1 saturated carbocycles. The molecule has 0 amide bonds. The molecule has 0 radical (unpaired) electrons. The van der Waals surface area contributed by atoms with Gasteiger partial charge in [-0.05, 0) is 37.0 Å². The minimum absolute atomic E-state index is 0.292. The zero-order valence-electron chi connectivity index (χ0n) is 10.2. The number of nitrogens with one attached hydrogen (secondary N) is 1. The molecule has 0 spiro atoms. The maximum absolute atomic E-state index is 13.3. The summed E-state index contributed by atoms with van der Waals surface area (Å²) in [4.78, 5) is 14.6. The zero-order chi connectivity index (χ0) is 12.5. The molecule has 0 unspecified atom stereocenters. The average molecular weight is 245 g/mol. The smallest absolute Gasteiger partial charge is 0.152 e. The van der Waals surface area contributed by atoms with Crippen LogP contribution in [-0.4, -0.2) is 11.3 Å². The van der Waals surface area contributed by atoms with Crippen molar-refractivity contribution < 1.29 is 9.18 Å². The maximum atomic E-state index is 13.3. The Bertz CT molecular complexity index is 581. The normalized spacial score (nSPS) is 17.2. The third-order valence-electron chi connectivity index (χ3n) is 3.96. The van der Waals surface area contributed by atoms with Crippen LogP contribution in [0.1, 0.15) is 54.1 Å². The van der Waals surface area contributed by atoms with Crippen molar-refractivity contribution in [3.05, 3.63) is 35.3 Å². The number of fused-ring (bicyclic) bond motifs is 1. The van der Waals surface area contributed by atoms with Gasteiger partial charge >= 0.3 is 0 Å². The van der Waals surface area contributed by atoms with Gasteiger partial charge in [0.05, 0.1) is 0 Å². The molecule has 1 aromatic carbocycles. The number of hydrogen-bond acceptors (Lipinski definition) is 1. The first-order valence-electron chi connectivity index (χ1n) is 6.56. The van der Waals surface area contributed by atoms with Crippen molar-refractivity contribution in [2.75, 3.05) is 0 Å². The van der Waals surface area contributed by atoms with Crippen molar-refractivity contribution in [1.82, 2.24) is 4.98 Å². The van der Waals surface area contributed by atoms with Gasteiger partial charge in [-0.2, -0.15) is 0 Å². The van der Waals surface area contributed by atoms with Gasteiger partial charge in [-0.15, -0.1) is 0 Å². The second-order valence-corrected chi connectivity index (χ2v) is 5.10. The van der Waals surface area contributed by atoms with E-state index in [0.717, 1.165) is 30.3 Å². The Kier molecular flexibility index (Phi) is 2.90. The van der Waals surface area contributed by atoms with Crippen LogP contribution in [0.15, 0.2) is 18.2 Å². The molecule has 0 saturated heterocycles. The summed E-state index contributed by atoms with van der Waals surface area (Å²) in [6.45, 7) is 0. The lowest BCUT2D eigenvalue weighted by molar-refractivity contribution is 0.112. The van der Waals surface area contributed by atoms with Crippen LogP contribution in [0.3, 0.4) is 0 Å².